The summed E-state index contributed by atoms with van der Waals surface area (Å²) in [6, 6.07) is 24.8. The molecule has 0 fully saturated rings. The van der Waals surface area contributed by atoms with Crippen molar-refractivity contribution >= 4 is 11.8 Å². The molecule has 1 atom stereocenters. The smallest absolute Gasteiger partial charge is 0.254 e. The van der Waals surface area contributed by atoms with E-state index in [9.17, 15) is 19.6 Å². The highest BCUT2D eigenvalue weighted by Gasteiger charge is 2.30. The number of amides is 2. The molecular weight excluding hydrogens is 526 g/mol. The van der Waals surface area contributed by atoms with Crippen molar-refractivity contribution in [2.24, 2.45) is 5.18 Å². The van der Waals surface area contributed by atoms with Gasteiger partial charge in [0, 0.05) is 35.3 Å². The number of carbonyl (C=O) groups excluding carboxylic acids is 2. The van der Waals surface area contributed by atoms with E-state index < -0.39 is 17.2 Å². The number of benzene rings is 3. The van der Waals surface area contributed by atoms with Gasteiger partial charge < -0.3 is 14.9 Å². The van der Waals surface area contributed by atoms with Crippen LogP contribution in [0.1, 0.15) is 85.4 Å². The Labute approximate surface area is 250 Å². The molecule has 0 saturated heterocycles. The minimum absolute atomic E-state index is 0.0278. The Balaban J connectivity index is 1.77. The van der Waals surface area contributed by atoms with Crippen LogP contribution in [0, 0.1) is 4.91 Å². The summed E-state index contributed by atoms with van der Waals surface area (Å²) in [4.78, 5) is 41.7. The van der Waals surface area contributed by atoms with E-state index in [1.165, 1.54) is 0 Å². The average Bonchev–Trinajstić information content (AvgIpc) is 2.94. The number of rotatable bonds is 12. The topological polar surface area (TPSA) is 90.3 Å². The van der Waals surface area contributed by atoms with Crippen LogP contribution in [-0.2, 0) is 19.4 Å². The summed E-state index contributed by atoms with van der Waals surface area (Å²) in [5.41, 5.74) is 2.94. The van der Waals surface area contributed by atoms with E-state index in [1.54, 1.807) is 11.0 Å². The van der Waals surface area contributed by atoms with E-state index in [2.05, 4.69) is 5.18 Å². The van der Waals surface area contributed by atoms with E-state index in [4.69, 9.17) is 0 Å². The van der Waals surface area contributed by atoms with E-state index in [0.717, 1.165) is 16.7 Å². The minimum Gasteiger partial charge on any atom is -0.393 e. The number of aryl methyl sites for hydroxylation is 1. The molecule has 224 valence electrons. The second-order valence-corrected chi connectivity index (χ2v) is 12.7. The molecule has 0 bridgehead atoms. The number of aliphatic hydroxyl groups is 1. The van der Waals surface area contributed by atoms with E-state index in [1.807, 2.05) is 119 Å². The highest BCUT2D eigenvalue weighted by atomic mass is 16.3. The fourth-order valence-corrected chi connectivity index (χ4v) is 5.08. The number of nitroso groups, excluding NO2 is 1. The SMILES string of the molecule is CC(C)(C)N(CCN=O)C(=O)c1ccccc1CCC(O)Cc1ccccc1C(=O)N(Cc1ccccc1)C(C)(C)C. The van der Waals surface area contributed by atoms with Crippen LogP contribution in [0.25, 0.3) is 0 Å². The highest BCUT2D eigenvalue weighted by molar-refractivity contribution is 5.96. The van der Waals surface area contributed by atoms with Gasteiger partial charge in [-0.3, -0.25) is 9.59 Å². The van der Waals surface area contributed by atoms with Gasteiger partial charge in [-0.2, -0.15) is 4.91 Å². The lowest BCUT2D eigenvalue weighted by Gasteiger charge is -2.36. The van der Waals surface area contributed by atoms with Gasteiger partial charge in [-0.15, -0.1) is 0 Å². The number of hydrogen-bond donors (Lipinski definition) is 1. The molecule has 0 aliphatic heterocycles. The first kappa shape index (κ1) is 32.7. The maximum absolute atomic E-state index is 13.9. The number of aliphatic hydroxyl groups excluding tert-OH is 1. The highest BCUT2D eigenvalue weighted by Crippen LogP contribution is 2.25. The van der Waals surface area contributed by atoms with Gasteiger partial charge in [0.2, 0.25) is 0 Å². The van der Waals surface area contributed by atoms with Gasteiger partial charge in [0.25, 0.3) is 11.8 Å². The Morgan fingerprint density at radius 2 is 1.24 bits per heavy atom. The molecule has 0 saturated carbocycles. The number of hydrogen-bond acceptors (Lipinski definition) is 5. The quantitative estimate of drug-likeness (QED) is 0.246. The summed E-state index contributed by atoms with van der Waals surface area (Å²) in [5, 5.41) is 14.1. The van der Waals surface area contributed by atoms with Gasteiger partial charge in [0.15, 0.2) is 0 Å². The first-order valence-corrected chi connectivity index (χ1v) is 14.6. The molecule has 1 N–H and O–H groups in total. The molecule has 7 nitrogen and oxygen atoms in total. The second kappa shape index (κ2) is 14.4. The molecule has 0 spiro atoms. The van der Waals surface area contributed by atoms with E-state index >= 15 is 0 Å². The molecule has 0 heterocycles. The zero-order valence-electron chi connectivity index (χ0n) is 25.8. The van der Waals surface area contributed by atoms with Crippen molar-refractivity contribution in [1.29, 1.82) is 0 Å². The monoisotopic (exact) mass is 571 g/mol. The zero-order chi connectivity index (χ0) is 30.9. The van der Waals surface area contributed by atoms with Crippen LogP contribution < -0.4 is 0 Å². The van der Waals surface area contributed by atoms with Gasteiger partial charge in [0.1, 0.15) is 0 Å². The largest absolute Gasteiger partial charge is 0.393 e. The average molecular weight is 572 g/mol. The van der Waals surface area contributed by atoms with Crippen LogP contribution in [0.3, 0.4) is 0 Å². The van der Waals surface area contributed by atoms with Crippen LogP contribution >= 0.6 is 0 Å². The summed E-state index contributed by atoms with van der Waals surface area (Å²) >= 11 is 0. The molecule has 2 amide bonds. The van der Waals surface area contributed by atoms with Crippen molar-refractivity contribution in [3.05, 3.63) is 112 Å². The molecule has 1 unspecified atom stereocenters. The van der Waals surface area contributed by atoms with Crippen molar-refractivity contribution in [1.82, 2.24) is 9.80 Å². The van der Waals surface area contributed by atoms with Crippen molar-refractivity contribution in [3.8, 4) is 0 Å². The summed E-state index contributed by atoms with van der Waals surface area (Å²) in [6.45, 7) is 12.6. The number of carbonyl (C=O) groups is 2. The molecule has 0 radical (unpaired) electrons. The van der Waals surface area contributed by atoms with Gasteiger partial charge in [-0.1, -0.05) is 71.9 Å². The maximum Gasteiger partial charge on any atom is 0.254 e. The molecule has 3 rings (SSSR count). The fraction of sp³-hybridized carbons (Fsp3) is 0.429. The van der Waals surface area contributed by atoms with Crippen LogP contribution in [0.4, 0.5) is 0 Å². The number of nitrogens with zero attached hydrogens (tertiary/aromatic N) is 3. The van der Waals surface area contributed by atoms with Crippen LogP contribution in [0.15, 0.2) is 84.0 Å². The molecule has 3 aromatic carbocycles. The molecule has 42 heavy (non-hydrogen) atoms. The Kier molecular flexibility index (Phi) is 11.2. The standard InChI is InChI=1S/C35H45N3O4/c1-34(2,3)37(23-22-36-42)32(40)30-18-12-10-16-27(30)20-21-29(39)24-28-17-11-13-19-31(28)33(41)38(35(4,5)6)25-26-14-8-7-9-15-26/h7-19,29,39H,20-25H2,1-6H3. The molecule has 7 heteroatoms. The zero-order valence-corrected chi connectivity index (χ0v) is 25.8. The van der Waals surface area contributed by atoms with Crippen LogP contribution in [0.5, 0.6) is 0 Å². The Morgan fingerprint density at radius 3 is 1.81 bits per heavy atom. The minimum atomic E-state index is -0.711. The third kappa shape index (κ3) is 8.83. The van der Waals surface area contributed by atoms with Crippen molar-refractivity contribution in [2.45, 2.75) is 84.5 Å². The third-order valence-electron chi connectivity index (χ3n) is 7.41. The summed E-state index contributed by atoms with van der Waals surface area (Å²) in [6.07, 6.45) is 0.522. The normalized spacial score (nSPS) is 12.5. The lowest BCUT2D eigenvalue weighted by molar-refractivity contribution is 0.0554. The van der Waals surface area contributed by atoms with Crippen molar-refractivity contribution in [3.63, 3.8) is 0 Å². The van der Waals surface area contributed by atoms with Crippen LogP contribution in [-0.4, -0.2) is 57.0 Å². The van der Waals surface area contributed by atoms with E-state index in [-0.39, 0.29) is 24.9 Å². The summed E-state index contributed by atoms with van der Waals surface area (Å²) < 4.78 is 0. The molecule has 3 aromatic rings. The van der Waals surface area contributed by atoms with Crippen molar-refractivity contribution in [2.75, 3.05) is 13.1 Å². The van der Waals surface area contributed by atoms with Gasteiger partial charge in [-0.05, 0) is 89.6 Å². The summed E-state index contributed by atoms with van der Waals surface area (Å²) in [7, 11) is 0. The van der Waals surface area contributed by atoms with E-state index in [0.29, 0.717) is 36.9 Å². The van der Waals surface area contributed by atoms with Crippen LogP contribution in [0.2, 0.25) is 0 Å². The Bertz CT molecular complexity index is 1340. The van der Waals surface area contributed by atoms with Gasteiger partial charge >= 0.3 is 0 Å². The maximum atomic E-state index is 13.9. The third-order valence-corrected chi connectivity index (χ3v) is 7.41. The molecule has 0 aliphatic rings. The second-order valence-electron chi connectivity index (χ2n) is 12.7. The van der Waals surface area contributed by atoms with Gasteiger partial charge in [0.05, 0.1) is 12.6 Å². The summed E-state index contributed by atoms with van der Waals surface area (Å²) in [5.74, 6) is -0.231. The Hall–Kier alpha value is -3.84. The molecule has 0 aromatic heterocycles. The molecule has 0 aliphatic carbocycles. The first-order chi connectivity index (χ1) is 19.8. The predicted molar refractivity (Wildman–Crippen MR) is 168 cm³/mol. The van der Waals surface area contributed by atoms with Crippen molar-refractivity contribution < 1.29 is 14.7 Å². The first-order valence-electron chi connectivity index (χ1n) is 14.6. The Morgan fingerprint density at radius 1 is 0.738 bits per heavy atom. The van der Waals surface area contributed by atoms with Gasteiger partial charge in [-0.25, -0.2) is 0 Å². The predicted octanol–water partition coefficient (Wildman–Crippen LogP) is 6.67. The lowest BCUT2D eigenvalue weighted by atomic mass is 9.94. The lowest BCUT2D eigenvalue weighted by Crippen LogP contribution is -2.47. The fourth-order valence-electron chi connectivity index (χ4n) is 5.08. The molecular formula is C35H45N3O4.